The Hall–Kier alpha value is -4.32. The second-order valence-corrected chi connectivity index (χ2v) is 9.04. The third-order valence-electron chi connectivity index (χ3n) is 6.07. The SMILES string of the molecule is Cc1cc(Cc2ccc(O)c(O)c2)c(O)c(Cc2cc(C)cc(Cc3ccc(O)c(O)c3)c2O)c1. The van der Waals surface area contributed by atoms with Crippen molar-refractivity contribution in [3.8, 4) is 34.5 Å². The highest BCUT2D eigenvalue weighted by Gasteiger charge is 2.16. The topological polar surface area (TPSA) is 121 Å². The van der Waals surface area contributed by atoms with E-state index in [1.54, 1.807) is 12.1 Å². The number of phenols is 6. The molecule has 6 heteroatoms. The molecule has 35 heavy (non-hydrogen) atoms. The van der Waals surface area contributed by atoms with Crippen molar-refractivity contribution in [1.29, 1.82) is 0 Å². The molecule has 6 nitrogen and oxygen atoms in total. The summed E-state index contributed by atoms with van der Waals surface area (Å²) in [7, 11) is 0. The summed E-state index contributed by atoms with van der Waals surface area (Å²) in [6.07, 6.45) is 1.04. The molecule has 4 aromatic carbocycles. The number of hydrogen-bond acceptors (Lipinski definition) is 6. The molecule has 0 radical (unpaired) electrons. The van der Waals surface area contributed by atoms with Crippen molar-refractivity contribution in [2.24, 2.45) is 0 Å². The summed E-state index contributed by atoms with van der Waals surface area (Å²) in [5.74, 6) is -0.585. The van der Waals surface area contributed by atoms with E-state index in [1.807, 2.05) is 38.1 Å². The van der Waals surface area contributed by atoms with Crippen molar-refractivity contribution >= 4 is 0 Å². The number of aryl methyl sites for hydroxylation is 2. The second-order valence-electron chi connectivity index (χ2n) is 9.04. The molecule has 0 aromatic heterocycles. The molecular weight excluding hydrogens is 444 g/mol. The molecular formula is C29H28O6. The molecule has 0 saturated carbocycles. The maximum Gasteiger partial charge on any atom is 0.157 e. The zero-order valence-corrected chi connectivity index (χ0v) is 19.6. The summed E-state index contributed by atoms with van der Waals surface area (Å²) in [6.45, 7) is 3.86. The molecule has 4 rings (SSSR count). The van der Waals surface area contributed by atoms with Crippen LogP contribution in [0.5, 0.6) is 34.5 Å². The van der Waals surface area contributed by atoms with Gasteiger partial charge in [-0.05, 0) is 71.5 Å². The number of benzene rings is 4. The van der Waals surface area contributed by atoms with Crippen molar-refractivity contribution in [1.82, 2.24) is 0 Å². The van der Waals surface area contributed by atoms with Crippen LogP contribution in [0.1, 0.15) is 44.5 Å². The van der Waals surface area contributed by atoms with E-state index in [2.05, 4.69) is 0 Å². The molecule has 0 heterocycles. The standard InChI is InChI=1S/C29H28O6/c1-16-7-20(11-18-3-5-24(30)26(32)13-18)28(34)22(9-16)15-23-10-17(2)8-21(29(23)35)12-19-4-6-25(31)27(33)14-19/h3-10,13-14,30-35H,11-12,15H2,1-2H3. The number of hydrogen-bond donors (Lipinski definition) is 6. The average Bonchev–Trinajstić information content (AvgIpc) is 2.79. The Kier molecular flexibility index (Phi) is 6.47. The maximum absolute atomic E-state index is 11.0. The van der Waals surface area contributed by atoms with Crippen LogP contribution in [-0.2, 0) is 19.3 Å². The molecule has 0 saturated heterocycles. The van der Waals surface area contributed by atoms with Crippen LogP contribution >= 0.6 is 0 Å². The molecule has 0 unspecified atom stereocenters. The van der Waals surface area contributed by atoms with Crippen molar-refractivity contribution in [3.63, 3.8) is 0 Å². The van der Waals surface area contributed by atoms with Gasteiger partial charge in [-0.25, -0.2) is 0 Å². The number of phenolic OH excluding ortho intramolecular Hbond substituents is 6. The van der Waals surface area contributed by atoms with Crippen LogP contribution in [0.2, 0.25) is 0 Å². The normalized spacial score (nSPS) is 11.0. The zero-order chi connectivity index (χ0) is 25.3. The first kappa shape index (κ1) is 23.8. The first-order valence-electron chi connectivity index (χ1n) is 11.2. The first-order chi connectivity index (χ1) is 16.6. The van der Waals surface area contributed by atoms with E-state index < -0.39 is 0 Å². The summed E-state index contributed by atoms with van der Waals surface area (Å²) in [6, 6.07) is 16.7. The van der Waals surface area contributed by atoms with Gasteiger partial charge in [0.05, 0.1) is 0 Å². The second kappa shape index (κ2) is 9.50. The quantitative estimate of drug-likeness (QED) is 0.212. The van der Waals surface area contributed by atoms with Gasteiger partial charge in [0.15, 0.2) is 23.0 Å². The van der Waals surface area contributed by atoms with Crippen molar-refractivity contribution in [3.05, 3.63) is 105 Å². The molecule has 0 fully saturated rings. The fraction of sp³-hybridized carbons (Fsp3) is 0.172. The van der Waals surface area contributed by atoms with Gasteiger partial charge in [0, 0.05) is 19.3 Å². The van der Waals surface area contributed by atoms with Gasteiger partial charge >= 0.3 is 0 Å². The third kappa shape index (κ3) is 5.27. The first-order valence-corrected chi connectivity index (χ1v) is 11.2. The van der Waals surface area contributed by atoms with Crippen LogP contribution in [0.15, 0.2) is 60.7 Å². The van der Waals surface area contributed by atoms with Crippen molar-refractivity contribution < 1.29 is 30.6 Å². The van der Waals surface area contributed by atoms with Gasteiger partial charge in [-0.1, -0.05) is 47.5 Å². The van der Waals surface area contributed by atoms with E-state index in [1.165, 1.54) is 24.3 Å². The smallest absolute Gasteiger partial charge is 0.157 e. The highest BCUT2D eigenvalue weighted by Crippen LogP contribution is 2.35. The average molecular weight is 473 g/mol. The third-order valence-corrected chi connectivity index (χ3v) is 6.07. The van der Waals surface area contributed by atoms with E-state index in [4.69, 9.17) is 0 Å². The van der Waals surface area contributed by atoms with Gasteiger partial charge in [0.1, 0.15) is 11.5 Å². The Balaban J connectivity index is 1.65. The van der Waals surface area contributed by atoms with Gasteiger partial charge in [0.25, 0.3) is 0 Å². The highest BCUT2D eigenvalue weighted by atomic mass is 16.3. The van der Waals surface area contributed by atoms with Crippen molar-refractivity contribution in [2.45, 2.75) is 33.1 Å². The predicted molar refractivity (Wildman–Crippen MR) is 134 cm³/mol. The van der Waals surface area contributed by atoms with Crippen molar-refractivity contribution in [2.75, 3.05) is 0 Å². The lowest BCUT2D eigenvalue weighted by atomic mass is 9.92. The molecule has 4 aromatic rings. The van der Waals surface area contributed by atoms with Crippen LogP contribution in [0, 0.1) is 13.8 Å². The predicted octanol–water partition coefficient (Wildman–Crippen LogP) is 5.31. The van der Waals surface area contributed by atoms with Crippen LogP contribution in [0.4, 0.5) is 0 Å². The highest BCUT2D eigenvalue weighted by molar-refractivity contribution is 5.53. The minimum absolute atomic E-state index is 0.120. The molecule has 0 aliphatic rings. The van der Waals surface area contributed by atoms with Gasteiger partial charge in [-0.15, -0.1) is 0 Å². The van der Waals surface area contributed by atoms with Gasteiger partial charge in [-0.3, -0.25) is 0 Å². The Morgan fingerprint density at radius 3 is 1.11 bits per heavy atom. The fourth-order valence-corrected chi connectivity index (χ4v) is 4.41. The van der Waals surface area contributed by atoms with E-state index in [0.717, 1.165) is 22.3 Å². The van der Waals surface area contributed by atoms with Crippen LogP contribution in [0.25, 0.3) is 0 Å². The number of aromatic hydroxyl groups is 6. The number of rotatable bonds is 6. The van der Waals surface area contributed by atoms with E-state index in [-0.39, 0.29) is 34.5 Å². The Morgan fingerprint density at radius 2 is 0.771 bits per heavy atom. The van der Waals surface area contributed by atoms with E-state index in [9.17, 15) is 30.6 Å². The minimum atomic E-state index is -0.214. The van der Waals surface area contributed by atoms with E-state index >= 15 is 0 Å². The summed E-state index contributed by atoms with van der Waals surface area (Å²) in [5.41, 5.74) is 6.06. The van der Waals surface area contributed by atoms with Crippen LogP contribution in [0.3, 0.4) is 0 Å². The molecule has 0 amide bonds. The lowest BCUT2D eigenvalue weighted by Gasteiger charge is -2.16. The molecule has 0 spiro atoms. The maximum atomic E-state index is 11.0. The Morgan fingerprint density at radius 1 is 0.429 bits per heavy atom. The molecule has 180 valence electrons. The lowest BCUT2D eigenvalue weighted by Crippen LogP contribution is -1.99. The zero-order valence-electron chi connectivity index (χ0n) is 19.6. The Labute approximate surface area is 203 Å². The van der Waals surface area contributed by atoms with Crippen LogP contribution in [-0.4, -0.2) is 30.6 Å². The van der Waals surface area contributed by atoms with Gasteiger partial charge in [0.2, 0.25) is 0 Å². The van der Waals surface area contributed by atoms with Gasteiger partial charge < -0.3 is 30.6 Å². The molecule has 0 bridgehead atoms. The molecule has 0 aliphatic heterocycles. The summed E-state index contributed by atoms with van der Waals surface area (Å²) in [5, 5.41) is 60.8. The Bertz CT molecular complexity index is 1300. The van der Waals surface area contributed by atoms with E-state index in [0.29, 0.717) is 41.5 Å². The van der Waals surface area contributed by atoms with Gasteiger partial charge in [-0.2, -0.15) is 0 Å². The summed E-state index contributed by atoms with van der Waals surface area (Å²) >= 11 is 0. The largest absolute Gasteiger partial charge is 0.507 e. The fourth-order valence-electron chi connectivity index (χ4n) is 4.41. The monoisotopic (exact) mass is 472 g/mol. The summed E-state index contributed by atoms with van der Waals surface area (Å²) < 4.78 is 0. The molecule has 0 atom stereocenters. The lowest BCUT2D eigenvalue weighted by molar-refractivity contribution is 0.403. The summed E-state index contributed by atoms with van der Waals surface area (Å²) in [4.78, 5) is 0. The van der Waals surface area contributed by atoms with Crippen LogP contribution < -0.4 is 0 Å². The molecule has 0 aliphatic carbocycles. The minimum Gasteiger partial charge on any atom is -0.507 e. The molecule has 6 N–H and O–H groups in total.